The van der Waals surface area contributed by atoms with Gasteiger partial charge in [-0.3, -0.25) is 0 Å². The Bertz CT molecular complexity index is 404. The van der Waals surface area contributed by atoms with Crippen LogP contribution in [0.1, 0.15) is 26.2 Å². The van der Waals surface area contributed by atoms with Crippen molar-refractivity contribution < 1.29 is 24.2 Å². The highest BCUT2D eigenvalue weighted by Crippen LogP contribution is 2.34. The number of hydrogen-bond donors (Lipinski definition) is 1. The SMILES string of the molecule is CCC1(C(=O)O)CCCN1C(=O)N1CC(OC)C(OC)C1. The van der Waals surface area contributed by atoms with E-state index in [1.54, 1.807) is 19.1 Å². The van der Waals surface area contributed by atoms with Crippen molar-refractivity contribution in [2.45, 2.75) is 43.9 Å². The van der Waals surface area contributed by atoms with Crippen LogP contribution in [0.5, 0.6) is 0 Å². The maximum atomic E-state index is 12.7. The Morgan fingerprint density at radius 3 is 2.24 bits per heavy atom. The fraction of sp³-hybridized carbons (Fsp3) is 0.857. The molecule has 2 heterocycles. The van der Waals surface area contributed by atoms with Gasteiger partial charge in [-0.25, -0.2) is 9.59 Å². The van der Waals surface area contributed by atoms with Crippen LogP contribution in [0.3, 0.4) is 0 Å². The van der Waals surface area contributed by atoms with Gasteiger partial charge in [0, 0.05) is 20.8 Å². The minimum atomic E-state index is -1.06. The molecule has 3 atom stereocenters. The molecule has 0 aliphatic carbocycles. The smallest absolute Gasteiger partial charge is 0.329 e. The lowest BCUT2D eigenvalue weighted by molar-refractivity contribution is -0.148. The van der Waals surface area contributed by atoms with Gasteiger partial charge in [-0.2, -0.15) is 0 Å². The third-order valence-electron chi connectivity index (χ3n) is 4.79. The number of methoxy groups -OCH3 is 2. The largest absolute Gasteiger partial charge is 0.479 e. The Balaban J connectivity index is 2.15. The van der Waals surface area contributed by atoms with Gasteiger partial charge in [0.2, 0.25) is 0 Å². The van der Waals surface area contributed by atoms with Crippen LogP contribution >= 0.6 is 0 Å². The summed E-state index contributed by atoms with van der Waals surface area (Å²) in [4.78, 5) is 27.5. The Morgan fingerprint density at radius 2 is 1.81 bits per heavy atom. The van der Waals surface area contributed by atoms with Crippen LogP contribution in [0.4, 0.5) is 4.79 Å². The lowest BCUT2D eigenvalue weighted by Crippen LogP contribution is -2.56. The summed E-state index contributed by atoms with van der Waals surface area (Å²) in [5.74, 6) is -0.915. The van der Waals surface area contributed by atoms with Gasteiger partial charge >= 0.3 is 12.0 Å². The Kier molecular flexibility index (Phi) is 4.73. The summed E-state index contributed by atoms with van der Waals surface area (Å²) in [5.41, 5.74) is -1.06. The van der Waals surface area contributed by atoms with Crippen LogP contribution in [0.2, 0.25) is 0 Å². The van der Waals surface area contributed by atoms with E-state index in [4.69, 9.17) is 9.47 Å². The van der Waals surface area contributed by atoms with E-state index in [0.29, 0.717) is 32.5 Å². The van der Waals surface area contributed by atoms with Crippen molar-refractivity contribution in [2.75, 3.05) is 33.9 Å². The molecule has 2 fully saturated rings. The number of nitrogens with zero attached hydrogens (tertiary/aromatic N) is 2. The predicted molar refractivity (Wildman–Crippen MR) is 75.2 cm³/mol. The number of aliphatic carboxylic acids is 1. The standard InChI is InChI=1S/C14H24N2O5/c1-4-14(12(17)18)6-5-7-16(14)13(19)15-8-10(20-2)11(9-15)21-3/h10-11H,4-9H2,1-3H3,(H,17,18). The van der Waals surface area contributed by atoms with Crippen molar-refractivity contribution >= 4 is 12.0 Å². The van der Waals surface area contributed by atoms with E-state index in [-0.39, 0.29) is 18.2 Å². The molecule has 2 aliphatic heterocycles. The maximum absolute atomic E-state index is 12.7. The molecule has 1 N–H and O–H groups in total. The van der Waals surface area contributed by atoms with E-state index in [2.05, 4.69) is 0 Å². The van der Waals surface area contributed by atoms with Gasteiger partial charge in [-0.05, 0) is 19.3 Å². The van der Waals surface area contributed by atoms with Crippen molar-refractivity contribution in [2.24, 2.45) is 0 Å². The lowest BCUT2D eigenvalue weighted by atomic mass is 9.93. The molecule has 2 amide bonds. The van der Waals surface area contributed by atoms with Crippen molar-refractivity contribution in [3.8, 4) is 0 Å². The molecule has 21 heavy (non-hydrogen) atoms. The molecule has 0 aromatic rings. The lowest BCUT2D eigenvalue weighted by Gasteiger charge is -2.36. The fourth-order valence-electron chi connectivity index (χ4n) is 3.42. The number of rotatable bonds is 4. The monoisotopic (exact) mass is 300 g/mol. The number of carbonyl (C=O) groups is 2. The van der Waals surface area contributed by atoms with E-state index < -0.39 is 11.5 Å². The van der Waals surface area contributed by atoms with Crippen molar-refractivity contribution in [3.63, 3.8) is 0 Å². The summed E-state index contributed by atoms with van der Waals surface area (Å²) in [6.07, 6.45) is 1.33. The molecule has 0 spiro atoms. The number of carbonyl (C=O) groups excluding carboxylic acids is 1. The highest BCUT2D eigenvalue weighted by molar-refractivity contribution is 5.87. The molecule has 0 aromatic heterocycles. The summed E-state index contributed by atoms with van der Waals surface area (Å²) >= 11 is 0. The highest BCUT2D eigenvalue weighted by atomic mass is 16.5. The third-order valence-corrected chi connectivity index (χ3v) is 4.79. The fourth-order valence-corrected chi connectivity index (χ4v) is 3.42. The first kappa shape index (κ1) is 16.0. The zero-order valence-corrected chi connectivity index (χ0v) is 12.9. The second-order valence-electron chi connectivity index (χ2n) is 5.68. The number of amides is 2. The average Bonchev–Trinajstić information content (AvgIpc) is 3.10. The minimum Gasteiger partial charge on any atom is -0.479 e. The van der Waals surface area contributed by atoms with Gasteiger partial charge in [0.15, 0.2) is 0 Å². The summed E-state index contributed by atoms with van der Waals surface area (Å²) in [7, 11) is 3.18. The minimum absolute atomic E-state index is 0.164. The van der Waals surface area contributed by atoms with Crippen LogP contribution < -0.4 is 0 Å². The first-order chi connectivity index (χ1) is 10.00. The normalized spacial score (nSPS) is 32.7. The number of urea groups is 1. The van der Waals surface area contributed by atoms with E-state index >= 15 is 0 Å². The number of likely N-dealkylation sites (tertiary alicyclic amines) is 2. The van der Waals surface area contributed by atoms with E-state index in [9.17, 15) is 14.7 Å². The molecule has 0 aromatic carbocycles. The van der Waals surface area contributed by atoms with Crippen LogP contribution in [0.15, 0.2) is 0 Å². The number of carboxylic acid groups (broad SMARTS) is 1. The molecule has 0 radical (unpaired) electrons. The second kappa shape index (κ2) is 6.19. The Morgan fingerprint density at radius 1 is 1.24 bits per heavy atom. The molecule has 7 heteroatoms. The zero-order valence-electron chi connectivity index (χ0n) is 12.9. The molecule has 0 bridgehead atoms. The topological polar surface area (TPSA) is 79.3 Å². The first-order valence-corrected chi connectivity index (χ1v) is 7.35. The molecule has 3 unspecified atom stereocenters. The van der Waals surface area contributed by atoms with Gasteiger partial charge in [-0.15, -0.1) is 0 Å². The summed E-state index contributed by atoms with van der Waals surface area (Å²) in [6, 6.07) is -0.224. The van der Waals surface area contributed by atoms with E-state index in [0.717, 1.165) is 6.42 Å². The Hall–Kier alpha value is -1.34. The van der Waals surface area contributed by atoms with Crippen molar-refractivity contribution in [1.82, 2.24) is 9.80 Å². The highest BCUT2D eigenvalue weighted by Gasteiger charge is 2.51. The van der Waals surface area contributed by atoms with Gasteiger partial charge in [0.05, 0.1) is 13.1 Å². The summed E-state index contributed by atoms with van der Waals surface area (Å²) < 4.78 is 10.7. The molecule has 2 rings (SSSR count). The molecule has 7 nitrogen and oxygen atoms in total. The van der Waals surface area contributed by atoms with Crippen molar-refractivity contribution in [3.05, 3.63) is 0 Å². The molecular formula is C14H24N2O5. The maximum Gasteiger partial charge on any atom is 0.329 e. The number of carboxylic acids is 1. The predicted octanol–water partition coefficient (Wildman–Crippen LogP) is 0.781. The first-order valence-electron chi connectivity index (χ1n) is 7.35. The second-order valence-corrected chi connectivity index (χ2v) is 5.68. The Labute approximate surface area is 124 Å². The van der Waals surface area contributed by atoms with Crippen LogP contribution in [0, 0.1) is 0 Å². The number of ether oxygens (including phenoxy) is 2. The molecule has 120 valence electrons. The van der Waals surface area contributed by atoms with Gasteiger partial charge in [0.25, 0.3) is 0 Å². The average molecular weight is 300 g/mol. The quantitative estimate of drug-likeness (QED) is 0.830. The van der Waals surface area contributed by atoms with E-state index in [1.807, 2.05) is 6.92 Å². The van der Waals surface area contributed by atoms with Crippen LogP contribution in [0.25, 0.3) is 0 Å². The molecular weight excluding hydrogens is 276 g/mol. The third kappa shape index (κ3) is 2.60. The summed E-state index contributed by atoms with van der Waals surface area (Å²) in [5, 5.41) is 9.56. The van der Waals surface area contributed by atoms with E-state index in [1.165, 1.54) is 4.90 Å². The van der Waals surface area contributed by atoms with Gasteiger partial charge in [-0.1, -0.05) is 6.92 Å². The van der Waals surface area contributed by atoms with Gasteiger partial charge < -0.3 is 24.4 Å². The molecule has 0 saturated carbocycles. The zero-order chi connectivity index (χ0) is 15.6. The summed E-state index contributed by atoms with van der Waals surface area (Å²) in [6.45, 7) is 3.18. The molecule has 2 saturated heterocycles. The van der Waals surface area contributed by atoms with Gasteiger partial charge in [0.1, 0.15) is 17.7 Å². The van der Waals surface area contributed by atoms with Crippen molar-refractivity contribution in [1.29, 1.82) is 0 Å². The molecule has 2 aliphatic rings. The number of hydrogen-bond acceptors (Lipinski definition) is 4. The van der Waals surface area contributed by atoms with Crippen LogP contribution in [-0.2, 0) is 14.3 Å². The van der Waals surface area contributed by atoms with Crippen LogP contribution in [-0.4, -0.2) is 78.5 Å².